The van der Waals surface area contributed by atoms with Gasteiger partial charge in [0.1, 0.15) is 11.5 Å². The molecule has 0 radical (unpaired) electrons. The second kappa shape index (κ2) is 12.1. The van der Waals surface area contributed by atoms with Gasteiger partial charge in [-0.1, -0.05) is 42.0 Å². The summed E-state index contributed by atoms with van der Waals surface area (Å²) < 4.78 is 5.78. The Labute approximate surface area is 214 Å². The summed E-state index contributed by atoms with van der Waals surface area (Å²) in [5.41, 5.74) is 3.69. The van der Waals surface area contributed by atoms with Gasteiger partial charge in [0.25, 0.3) is 0 Å². The minimum Gasteiger partial charge on any atom is -0.457 e. The Morgan fingerprint density at radius 1 is 0.743 bits per heavy atom. The Bertz CT molecular complexity index is 1280. The van der Waals surface area contributed by atoms with Crippen molar-refractivity contribution in [3.63, 3.8) is 0 Å². The molecule has 0 aliphatic carbocycles. The Morgan fingerprint density at radius 2 is 1.37 bits per heavy atom. The van der Waals surface area contributed by atoms with Gasteiger partial charge in [-0.25, -0.2) is 0 Å². The lowest BCUT2D eigenvalue weighted by molar-refractivity contribution is -0.113. The predicted octanol–water partition coefficient (Wildman–Crippen LogP) is 7.33. The van der Waals surface area contributed by atoms with Crippen molar-refractivity contribution in [1.29, 1.82) is 0 Å². The Hall–Kier alpha value is -3.81. The van der Waals surface area contributed by atoms with E-state index >= 15 is 0 Å². The summed E-state index contributed by atoms with van der Waals surface area (Å²) >= 11 is 6.88. The molecule has 0 saturated heterocycles. The normalized spacial score (nSPS) is 10.3. The number of nitrogens with one attached hydrogen (secondary N) is 3. The number of thioether (sulfide) groups is 1. The summed E-state index contributed by atoms with van der Waals surface area (Å²) in [6.07, 6.45) is 0. The highest BCUT2D eigenvalue weighted by atomic mass is 32.2. The molecule has 176 valence electrons. The van der Waals surface area contributed by atoms with Crippen LogP contribution in [0.5, 0.6) is 11.5 Å². The van der Waals surface area contributed by atoms with Crippen LogP contribution in [0.1, 0.15) is 5.56 Å². The Balaban J connectivity index is 1.24. The van der Waals surface area contributed by atoms with Gasteiger partial charge in [-0.15, -0.1) is 11.8 Å². The Morgan fingerprint density at radius 3 is 2.11 bits per heavy atom. The summed E-state index contributed by atoms with van der Waals surface area (Å²) in [6.45, 7) is 2.04. The molecule has 0 bridgehead atoms. The van der Waals surface area contributed by atoms with Crippen LogP contribution in [0.15, 0.2) is 108 Å². The number of anilines is 3. The van der Waals surface area contributed by atoms with E-state index in [1.807, 2.05) is 110 Å². The highest BCUT2D eigenvalue weighted by Crippen LogP contribution is 2.24. The highest BCUT2D eigenvalue weighted by Gasteiger charge is 2.06. The molecule has 0 atom stereocenters. The second-order valence-corrected chi connectivity index (χ2v) is 9.21. The van der Waals surface area contributed by atoms with E-state index < -0.39 is 0 Å². The number of thiocarbonyl (C=S) groups is 1. The van der Waals surface area contributed by atoms with Gasteiger partial charge in [0.05, 0.1) is 5.75 Å². The maximum absolute atomic E-state index is 12.4. The fraction of sp³-hybridized carbons (Fsp3) is 0.0714. The zero-order chi connectivity index (χ0) is 24.5. The average Bonchev–Trinajstić information content (AvgIpc) is 2.86. The minimum absolute atomic E-state index is 0.0818. The van der Waals surface area contributed by atoms with Crippen molar-refractivity contribution in [3.05, 3.63) is 109 Å². The second-order valence-electron chi connectivity index (χ2n) is 7.75. The third-order valence-corrected chi connectivity index (χ3v) is 6.09. The fourth-order valence-electron chi connectivity index (χ4n) is 3.17. The molecule has 4 aromatic carbocycles. The lowest BCUT2D eigenvalue weighted by atomic mass is 10.2. The van der Waals surface area contributed by atoms with Gasteiger partial charge in [-0.05, 0) is 85.9 Å². The lowest BCUT2D eigenvalue weighted by Gasteiger charge is -2.12. The number of aryl methyl sites for hydroxylation is 1. The van der Waals surface area contributed by atoms with Crippen molar-refractivity contribution in [3.8, 4) is 11.5 Å². The van der Waals surface area contributed by atoms with Gasteiger partial charge < -0.3 is 20.7 Å². The number of carbonyl (C=O) groups is 1. The van der Waals surface area contributed by atoms with E-state index in [-0.39, 0.29) is 11.7 Å². The first-order valence-corrected chi connectivity index (χ1v) is 12.4. The van der Waals surface area contributed by atoms with E-state index in [4.69, 9.17) is 17.0 Å². The van der Waals surface area contributed by atoms with Gasteiger partial charge in [-0.3, -0.25) is 4.79 Å². The van der Waals surface area contributed by atoms with Gasteiger partial charge in [0.2, 0.25) is 5.91 Å². The largest absolute Gasteiger partial charge is 0.457 e. The van der Waals surface area contributed by atoms with Crippen molar-refractivity contribution in [2.24, 2.45) is 0 Å². The van der Waals surface area contributed by atoms with Crippen LogP contribution in [0, 0.1) is 6.92 Å². The first kappa shape index (κ1) is 24.3. The van der Waals surface area contributed by atoms with Crippen LogP contribution in [0.2, 0.25) is 0 Å². The monoisotopic (exact) mass is 499 g/mol. The van der Waals surface area contributed by atoms with E-state index in [0.717, 1.165) is 27.7 Å². The number of hydrogen-bond donors (Lipinski definition) is 3. The van der Waals surface area contributed by atoms with Gasteiger partial charge in [-0.2, -0.15) is 0 Å². The number of hydrogen-bond acceptors (Lipinski definition) is 4. The molecule has 0 spiro atoms. The number of carbonyl (C=O) groups excluding carboxylic acids is 1. The van der Waals surface area contributed by atoms with Crippen molar-refractivity contribution in [2.75, 3.05) is 21.7 Å². The van der Waals surface area contributed by atoms with Crippen molar-refractivity contribution in [1.82, 2.24) is 0 Å². The SMILES string of the molecule is Cc1ccc(NC(=S)Nc2cccc(SCC(=O)Nc3ccc(Oc4ccccc4)cc3)c2)cc1. The van der Waals surface area contributed by atoms with Crippen LogP contribution < -0.4 is 20.7 Å². The molecule has 0 aromatic heterocycles. The number of para-hydroxylation sites is 1. The van der Waals surface area contributed by atoms with E-state index in [9.17, 15) is 4.79 Å². The molecule has 0 fully saturated rings. The Kier molecular flexibility index (Phi) is 8.38. The van der Waals surface area contributed by atoms with Crippen LogP contribution >= 0.6 is 24.0 Å². The van der Waals surface area contributed by atoms with E-state index in [2.05, 4.69) is 16.0 Å². The summed E-state index contributed by atoms with van der Waals surface area (Å²) in [7, 11) is 0. The van der Waals surface area contributed by atoms with Crippen LogP contribution in [0.3, 0.4) is 0 Å². The maximum atomic E-state index is 12.4. The summed E-state index contributed by atoms with van der Waals surface area (Å²) in [4.78, 5) is 13.4. The zero-order valence-corrected chi connectivity index (χ0v) is 20.8. The first-order valence-electron chi connectivity index (χ1n) is 11.0. The maximum Gasteiger partial charge on any atom is 0.234 e. The van der Waals surface area contributed by atoms with Crippen molar-refractivity contribution >= 4 is 52.1 Å². The molecule has 3 N–H and O–H groups in total. The number of benzene rings is 4. The number of ether oxygens (including phenoxy) is 1. The standard InChI is InChI=1S/C28H25N3O2S2/c1-20-10-12-22(13-11-20)30-28(34)31-23-6-5-9-26(18-23)35-19-27(32)29-21-14-16-25(17-15-21)33-24-7-3-2-4-8-24/h2-18H,19H2,1H3,(H,29,32)(H2,30,31,34). The smallest absolute Gasteiger partial charge is 0.234 e. The fourth-order valence-corrected chi connectivity index (χ4v) is 4.16. The molecule has 0 aliphatic heterocycles. The minimum atomic E-state index is -0.0818. The summed E-state index contributed by atoms with van der Waals surface area (Å²) in [6, 6.07) is 32.7. The van der Waals surface area contributed by atoms with Crippen molar-refractivity contribution in [2.45, 2.75) is 11.8 Å². The predicted molar refractivity (Wildman–Crippen MR) is 150 cm³/mol. The van der Waals surface area contributed by atoms with E-state index in [0.29, 0.717) is 10.9 Å². The summed E-state index contributed by atoms with van der Waals surface area (Å²) in [5.74, 6) is 1.69. The molecular weight excluding hydrogens is 474 g/mol. The topological polar surface area (TPSA) is 62.4 Å². The highest BCUT2D eigenvalue weighted by molar-refractivity contribution is 8.00. The zero-order valence-electron chi connectivity index (χ0n) is 19.2. The molecule has 5 nitrogen and oxygen atoms in total. The molecule has 4 rings (SSSR count). The molecule has 0 saturated carbocycles. The third kappa shape index (κ3) is 7.88. The first-order chi connectivity index (χ1) is 17.0. The van der Waals surface area contributed by atoms with Crippen LogP contribution in [-0.2, 0) is 4.79 Å². The van der Waals surface area contributed by atoms with E-state index in [1.54, 1.807) is 0 Å². The molecule has 35 heavy (non-hydrogen) atoms. The van der Waals surface area contributed by atoms with Gasteiger partial charge >= 0.3 is 0 Å². The molecule has 7 heteroatoms. The molecular formula is C28H25N3O2S2. The molecule has 4 aromatic rings. The molecule has 1 amide bonds. The van der Waals surface area contributed by atoms with Gasteiger partial charge in [0.15, 0.2) is 5.11 Å². The molecule has 0 aliphatic rings. The lowest BCUT2D eigenvalue weighted by Crippen LogP contribution is -2.19. The van der Waals surface area contributed by atoms with Crippen LogP contribution in [-0.4, -0.2) is 16.8 Å². The molecule has 0 heterocycles. The number of amides is 1. The quantitative estimate of drug-likeness (QED) is 0.174. The average molecular weight is 500 g/mol. The van der Waals surface area contributed by atoms with E-state index in [1.165, 1.54) is 17.3 Å². The van der Waals surface area contributed by atoms with Crippen molar-refractivity contribution < 1.29 is 9.53 Å². The van der Waals surface area contributed by atoms with Crippen LogP contribution in [0.25, 0.3) is 0 Å². The van der Waals surface area contributed by atoms with Gasteiger partial charge in [0, 0.05) is 22.0 Å². The van der Waals surface area contributed by atoms with Crippen LogP contribution in [0.4, 0.5) is 17.1 Å². The summed E-state index contributed by atoms with van der Waals surface area (Å²) in [5, 5.41) is 9.79. The third-order valence-electron chi connectivity index (χ3n) is 4.89. The molecule has 0 unspecified atom stereocenters. The number of rotatable bonds is 8.